The molecule has 0 saturated carbocycles. The molecule has 2 aliphatic heterocycles. The van der Waals surface area contributed by atoms with Crippen molar-refractivity contribution < 1.29 is 9.59 Å². The third-order valence-corrected chi connectivity index (χ3v) is 4.33. The van der Waals surface area contributed by atoms with Gasteiger partial charge in [0, 0.05) is 33.1 Å². The second kappa shape index (κ2) is 7.11. The Morgan fingerprint density at radius 2 is 2.09 bits per heavy atom. The number of carbonyl (C=O) groups excluding carboxylic acids is 2. The summed E-state index contributed by atoms with van der Waals surface area (Å²) in [6, 6.07) is 6.03. The van der Waals surface area contributed by atoms with E-state index in [0.29, 0.717) is 13.1 Å². The summed E-state index contributed by atoms with van der Waals surface area (Å²) < 4.78 is 0. The van der Waals surface area contributed by atoms with Gasteiger partial charge in [0.1, 0.15) is 6.04 Å². The molecule has 1 atom stereocenters. The molecule has 1 unspecified atom stereocenters. The Morgan fingerprint density at radius 3 is 2.86 bits per heavy atom. The molecule has 0 spiro atoms. The standard InChI is InChI=1S/C16H21N3O2.ClH/c1-11(20)19-6-2-3-15(19)16(21)18-8-12-4-5-13-9-17-10-14(13)7-12;/h4-5,7,15,17H,2-3,6,8-10H2,1H3,(H,18,21);1H. The van der Waals surface area contributed by atoms with Crippen LogP contribution < -0.4 is 10.6 Å². The normalized spacial score (nSPS) is 19.5. The highest BCUT2D eigenvalue weighted by molar-refractivity contribution is 5.87. The molecule has 6 heteroatoms. The number of nitrogens with one attached hydrogen (secondary N) is 2. The minimum Gasteiger partial charge on any atom is -0.350 e. The lowest BCUT2D eigenvalue weighted by Crippen LogP contribution is -2.44. The van der Waals surface area contributed by atoms with Crippen molar-refractivity contribution >= 4 is 24.2 Å². The van der Waals surface area contributed by atoms with Crippen molar-refractivity contribution in [2.24, 2.45) is 0 Å². The van der Waals surface area contributed by atoms with Crippen LogP contribution in [0.3, 0.4) is 0 Å². The van der Waals surface area contributed by atoms with Crippen molar-refractivity contribution in [1.29, 1.82) is 0 Å². The molecule has 1 saturated heterocycles. The highest BCUT2D eigenvalue weighted by atomic mass is 35.5. The zero-order chi connectivity index (χ0) is 14.8. The number of hydrogen-bond acceptors (Lipinski definition) is 3. The molecule has 0 aliphatic carbocycles. The van der Waals surface area contributed by atoms with E-state index in [2.05, 4.69) is 28.8 Å². The van der Waals surface area contributed by atoms with E-state index in [4.69, 9.17) is 0 Å². The van der Waals surface area contributed by atoms with Crippen LogP contribution in [0.25, 0.3) is 0 Å². The fourth-order valence-corrected chi connectivity index (χ4v) is 3.18. The lowest BCUT2D eigenvalue weighted by Gasteiger charge is -2.22. The molecular weight excluding hydrogens is 302 g/mol. The average molecular weight is 324 g/mol. The molecule has 2 aliphatic rings. The number of likely N-dealkylation sites (tertiary alicyclic amines) is 1. The molecule has 0 bridgehead atoms. The maximum Gasteiger partial charge on any atom is 0.243 e. The number of halogens is 1. The van der Waals surface area contributed by atoms with Crippen LogP contribution in [0.2, 0.25) is 0 Å². The van der Waals surface area contributed by atoms with E-state index in [0.717, 1.165) is 31.5 Å². The summed E-state index contributed by atoms with van der Waals surface area (Å²) in [6.45, 7) is 4.57. The Bertz CT molecular complexity index is 577. The third kappa shape index (κ3) is 3.42. The van der Waals surface area contributed by atoms with Crippen molar-refractivity contribution in [3.63, 3.8) is 0 Å². The summed E-state index contributed by atoms with van der Waals surface area (Å²) in [5.41, 5.74) is 3.76. The van der Waals surface area contributed by atoms with Crippen LogP contribution in [0.5, 0.6) is 0 Å². The Hall–Kier alpha value is -1.59. The number of fused-ring (bicyclic) bond motifs is 1. The summed E-state index contributed by atoms with van der Waals surface area (Å²) in [5.74, 6) is -0.0578. The van der Waals surface area contributed by atoms with Gasteiger partial charge in [0.05, 0.1) is 0 Å². The maximum absolute atomic E-state index is 12.2. The predicted molar refractivity (Wildman–Crippen MR) is 86.5 cm³/mol. The molecule has 1 aromatic carbocycles. The van der Waals surface area contributed by atoms with Gasteiger partial charge in [0.25, 0.3) is 0 Å². The Balaban J connectivity index is 0.00000176. The van der Waals surface area contributed by atoms with Crippen LogP contribution in [0, 0.1) is 0 Å². The molecule has 1 fully saturated rings. The summed E-state index contributed by atoms with van der Waals surface area (Å²) in [5, 5.41) is 6.27. The Labute approximate surface area is 136 Å². The quantitative estimate of drug-likeness (QED) is 0.882. The first-order valence-corrected chi connectivity index (χ1v) is 7.51. The number of nitrogens with zero attached hydrogens (tertiary/aromatic N) is 1. The fourth-order valence-electron chi connectivity index (χ4n) is 3.18. The van der Waals surface area contributed by atoms with Gasteiger partial charge in [-0.15, -0.1) is 12.4 Å². The fraction of sp³-hybridized carbons (Fsp3) is 0.500. The molecule has 0 aromatic heterocycles. The van der Waals surface area contributed by atoms with Gasteiger partial charge in [-0.25, -0.2) is 0 Å². The van der Waals surface area contributed by atoms with E-state index in [1.807, 2.05) is 0 Å². The molecule has 0 radical (unpaired) electrons. The van der Waals surface area contributed by atoms with E-state index < -0.39 is 0 Å². The van der Waals surface area contributed by atoms with Crippen molar-refractivity contribution in [1.82, 2.24) is 15.5 Å². The number of carbonyl (C=O) groups is 2. The summed E-state index contributed by atoms with van der Waals surface area (Å²) in [6.07, 6.45) is 1.67. The summed E-state index contributed by atoms with van der Waals surface area (Å²) in [7, 11) is 0. The van der Waals surface area contributed by atoms with Crippen LogP contribution in [-0.4, -0.2) is 29.3 Å². The SMILES string of the molecule is CC(=O)N1CCCC1C(=O)NCc1ccc2c(c1)CNC2.Cl. The van der Waals surface area contributed by atoms with Gasteiger partial charge in [-0.05, 0) is 29.5 Å². The van der Waals surface area contributed by atoms with Gasteiger partial charge in [0.2, 0.25) is 11.8 Å². The highest BCUT2D eigenvalue weighted by Crippen LogP contribution is 2.19. The van der Waals surface area contributed by atoms with E-state index in [1.165, 1.54) is 18.1 Å². The molecule has 3 rings (SSSR count). The number of benzene rings is 1. The second-order valence-electron chi connectivity index (χ2n) is 5.79. The molecule has 1 aromatic rings. The summed E-state index contributed by atoms with van der Waals surface area (Å²) in [4.78, 5) is 25.4. The molecule has 22 heavy (non-hydrogen) atoms. The van der Waals surface area contributed by atoms with Crippen LogP contribution in [-0.2, 0) is 29.2 Å². The van der Waals surface area contributed by atoms with E-state index in [1.54, 1.807) is 4.90 Å². The van der Waals surface area contributed by atoms with Crippen LogP contribution >= 0.6 is 12.4 Å². The van der Waals surface area contributed by atoms with Crippen molar-refractivity contribution in [3.05, 3.63) is 34.9 Å². The van der Waals surface area contributed by atoms with Crippen molar-refractivity contribution in [2.75, 3.05) is 6.54 Å². The molecule has 120 valence electrons. The summed E-state index contributed by atoms with van der Waals surface area (Å²) >= 11 is 0. The van der Waals surface area contributed by atoms with Crippen molar-refractivity contribution in [3.8, 4) is 0 Å². The number of hydrogen-bond donors (Lipinski definition) is 2. The smallest absolute Gasteiger partial charge is 0.243 e. The van der Waals surface area contributed by atoms with Gasteiger partial charge in [-0.3, -0.25) is 9.59 Å². The van der Waals surface area contributed by atoms with E-state index >= 15 is 0 Å². The minimum absolute atomic E-state index is 0. The highest BCUT2D eigenvalue weighted by Gasteiger charge is 2.32. The topological polar surface area (TPSA) is 61.4 Å². The average Bonchev–Trinajstić information content (AvgIpc) is 3.12. The van der Waals surface area contributed by atoms with Crippen LogP contribution in [0.4, 0.5) is 0 Å². The molecular formula is C16H22ClN3O2. The molecule has 2 amide bonds. The third-order valence-electron chi connectivity index (χ3n) is 4.33. The molecule has 2 N–H and O–H groups in total. The van der Waals surface area contributed by atoms with Gasteiger partial charge in [-0.2, -0.15) is 0 Å². The predicted octanol–water partition coefficient (Wildman–Crippen LogP) is 1.34. The van der Waals surface area contributed by atoms with Crippen LogP contribution in [0.15, 0.2) is 18.2 Å². The Morgan fingerprint density at radius 1 is 1.32 bits per heavy atom. The minimum atomic E-state index is -0.293. The first-order chi connectivity index (χ1) is 10.1. The van der Waals surface area contributed by atoms with Gasteiger partial charge in [-0.1, -0.05) is 18.2 Å². The largest absolute Gasteiger partial charge is 0.350 e. The van der Waals surface area contributed by atoms with E-state index in [9.17, 15) is 9.59 Å². The zero-order valence-electron chi connectivity index (χ0n) is 12.7. The van der Waals surface area contributed by atoms with E-state index in [-0.39, 0.29) is 30.3 Å². The lowest BCUT2D eigenvalue weighted by molar-refractivity contribution is -0.136. The lowest BCUT2D eigenvalue weighted by atomic mass is 10.1. The number of rotatable bonds is 3. The van der Waals surface area contributed by atoms with Crippen LogP contribution in [0.1, 0.15) is 36.5 Å². The molecule has 2 heterocycles. The zero-order valence-corrected chi connectivity index (χ0v) is 13.5. The van der Waals surface area contributed by atoms with Gasteiger partial charge in [0.15, 0.2) is 0 Å². The van der Waals surface area contributed by atoms with Gasteiger partial charge >= 0.3 is 0 Å². The second-order valence-corrected chi connectivity index (χ2v) is 5.79. The first-order valence-electron chi connectivity index (χ1n) is 7.51. The number of amides is 2. The first kappa shape index (κ1) is 16.8. The van der Waals surface area contributed by atoms with Crippen molar-refractivity contribution in [2.45, 2.75) is 45.4 Å². The monoisotopic (exact) mass is 323 g/mol. The van der Waals surface area contributed by atoms with Gasteiger partial charge < -0.3 is 15.5 Å². The molecule has 5 nitrogen and oxygen atoms in total. The maximum atomic E-state index is 12.2. The Kier molecular flexibility index (Phi) is 5.42.